The highest BCUT2D eigenvalue weighted by molar-refractivity contribution is 6.44. The molecule has 4 rings (SSSR count). The Balaban J connectivity index is 1.37. The number of halogens is 2. The van der Waals surface area contributed by atoms with Gasteiger partial charge in [-0.05, 0) is 75.7 Å². The van der Waals surface area contributed by atoms with E-state index in [1.54, 1.807) is 13.8 Å². The topological polar surface area (TPSA) is 44.8 Å². The van der Waals surface area contributed by atoms with Crippen molar-refractivity contribution >= 4 is 40.5 Å². The zero-order chi connectivity index (χ0) is 29.6. The minimum Gasteiger partial charge on any atom is -0.493 e. The average Bonchev–Trinajstić information content (AvgIpc) is 2.90. The zero-order valence-electron chi connectivity index (χ0n) is 26.1. The molecule has 0 bridgehead atoms. The highest BCUT2D eigenvalue weighted by atomic mass is 35.5. The fourth-order valence-corrected chi connectivity index (χ4v) is 5.51. The second-order valence-electron chi connectivity index (χ2n) is 9.85. The van der Waals surface area contributed by atoms with Crippen LogP contribution in [0.15, 0.2) is 24.2 Å². The van der Waals surface area contributed by atoms with Gasteiger partial charge in [-0.15, -0.1) is 0 Å². The molecule has 35 heavy (non-hydrogen) atoms. The number of hydrogen-bond acceptors (Lipinski definition) is 4. The largest absolute Gasteiger partial charge is 0.493 e. The lowest BCUT2D eigenvalue weighted by atomic mass is 9.91. The molecular formula is C28H37Cl2N3O2. The summed E-state index contributed by atoms with van der Waals surface area (Å²) < 4.78 is 48.2. The van der Waals surface area contributed by atoms with Crippen LogP contribution in [-0.2, 0) is 4.79 Å². The summed E-state index contributed by atoms with van der Waals surface area (Å²) in [5, 5.41) is 1.41. The maximum Gasteiger partial charge on any atom is 0.224 e. The van der Waals surface area contributed by atoms with Crippen LogP contribution in [0, 0.1) is 13.8 Å². The summed E-state index contributed by atoms with van der Waals surface area (Å²) in [7, 11) is 0. The van der Waals surface area contributed by atoms with Crippen molar-refractivity contribution in [2.75, 3.05) is 36.5 Å². The predicted octanol–water partition coefficient (Wildman–Crippen LogP) is 6.81. The molecule has 0 aromatic heterocycles. The second kappa shape index (κ2) is 11.0. The number of ether oxygens (including phenoxy) is 1. The zero-order valence-corrected chi connectivity index (χ0v) is 22.6. The van der Waals surface area contributed by atoms with Crippen LogP contribution in [0.1, 0.15) is 68.1 Å². The van der Waals surface area contributed by atoms with Crippen LogP contribution >= 0.6 is 23.2 Å². The van der Waals surface area contributed by atoms with Crippen molar-refractivity contribution in [1.82, 2.24) is 4.90 Å². The third-order valence-corrected chi connectivity index (χ3v) is 7.76. The first-order valence-electron chi connectivity index (χ1n) is 14.8. The number of hydrogen-bond donors (Lipinski definition) is 1. The van der Waals surface area contributed by atoms with Crippen LogP contribution in [0.25, 0.3) is 0 Å². The lowest BCUT2D eigenvalue weighted by molar-refractivity contribution is -0.116. The van der Waals surface area contributed by atoms with Crippen molar-refractivity contribution in [2.45, 2.75) is 71.9 Å². The number of nitrogens with one attached hydrogen (secondary N) is 1. The fourth-order valence-electron chi connectivity index (χ4n) is 5.09. The molecule has 2 aliphatic heterocycles. The lowest BCUT2D eigenvalue weighted by Gasteiger charge is -2.46. The molecule has 0 aliphatic carbocycles. The maximum atomic E-state index is 12.2. The van der Waals surface area contributed by atoms with E-state index in [0.717, 1.165) is 37.8 Å². The Morgan fingerprint density at radius 3 is 2.51 bits per heavy atom. The normalized spacial score (nSPS) is 24.9. The second-order valence-corrected chi connectivity index (χ2v) is 10.6. The highest BCUT2D eigenvalue weighted by Crippen LogP contribution is 2.38. The number of benzene rings is 2. The molecular weight excluding hydrogens is 481 g/mol. The molecule has 1 fully saturated rings. The molecule has 7 heteroatoms. The quantitative estimate of drug-likeness (QED) is 0.405. The van der Waals surface area contributed by atoms with E-state index < -0.39 is 0 Å². The molecule has 3 atom stereocenters. The fraction of sp³-hybridized carbons (Fsp3) is 0.536. The third-order valence-electron chi connectivity index (χ3n) is 6.83. The summed E-state index contributed by atoms with van der Waals surface area (Å²) >= 11 is 13.0. The average molecular weight is 524 g/mol. The molecule has 2 aromatic rings. The van der Waals surface area contributed by atoms with E-state index in [0.29, 0.717) is 39.0 Å². The van der Waals surface area contributed by atoms with Crippen molar-refractivity contribution in [1.29, 1.82) is 0 Å². The van der Waals surface area contributed by atoms with Crippen molar-refractivity contribution in [3.8, 4) is 5.75 Å². The summed E-state index contributed by atoms with van der Waals surface area (Å²) in [4.78, 5) is 16.7. The Kier molecular flexibility index (Phi) is 6.32. The van der Waals surface area contributed by atoms with Gasteiger partial charge in [0.2, 0.25) is 5.91 Å². The van der Waals surface area contributed by atoms with E-state index in [1.807, 2.05) is 6.92 Å². The number of anilines is 2. The third kappa shape index (κ3) is 5.73. The molecule has 3 unspecified atom stereocenters. The molecule has 190 valence electrons. The van der Waals surface area contributed by atoms with E-state index in [9.17, 15) is 4.79 Å². The van der Waals surface area contributed by atoms with Crippen LogP contribution in [0.2, 0.25) is 11.5 Å². The van der Waals surface area contributed by atoms with Gasteiger partial charge in [-0.2, -0.15) is 0 Å². The predicted molar refractivity (Wildman–Crippen MR) is 147 cm³/mol. The van der Waals surface area contributed by atoms with Gasteiger partial charge < -0.3 is 14.9 Å². The van der Waals surface area contributed by atoms with E-state index in [1.165, 1.54) is 0 Å². The lowest BCUT2D eigenvalue weighted by Crippen LogP contribution is -2.57. The first-order valence-corrected chi connectivity index (χ1v) is 13.1. The standard InChI is InChI=1S/C28H37Cl2N3O2/c1-17-8-9-24(28(30)27(17)29)33-20(4)15-32(16-21(33)5)10-6-7-11-35-25-14-23-22(12-19(25)3)18(2)13-26(34)31-23/h8-9,12,14,18,20-21H,6-7,10-11,13,15-16H2,1-5H3,(H,31,34)/i8D,9D,12D,14D/hD. The van der Waals surface area contributed by atoms with Gasteiger partial charge in [0.05, 0.1) is 27.8 Å². The summed E-state index contributed by atoms with van der Waals surface area (Å²) in [5.74, 6) is -0.315. The Hall–Kier alpha value is -1.95. The van der Waals surface area contributed by atoms with Gasteiger partial charge in [0, 0.05) is 43.3 Å². The highest BCUT2D eigenvalue weighted by Gasteiger charge is 2.31. The van der Waals surface area contributed by atoms with Gasteiger partial charge in [0.1, 0.15) is 5.75 Å². The Bertz CT molecular complexity index is 1290. The van der Waals surface area contributed by atoms with E-state index in [-0.39, 0.29) is 65.9 Å². The molecule has 2 aliphatic rings. The van der Waals surface area contributed by atoms with Gasteiger partial charge >= 0.3 is 0 Å². The van der Waals surface area contributed by atoms with Crippen molar-refractivity contribution in [3.63, 3.8) is 0 Å². The number of carbonyl (C=O) groups is 1. The first kappa shape index (κ1) is 20.1. The van der Waals surface area contributed by atoms with Gasteiger partial charge in [0.25, 0.3) is 0 Å². The van der Waals surface area contributed by atoms with Gasteiger partial charge in [-0.25, -0.2) is 0 Å². The Labute approximate surface area is 226 Å². The molecule has 2 heterocycles. The molecule has 2 aromatic carbocycles. The summed E-state index contributed by atoms with van der Waals surface area (Å²) in [6, 6.07) is 0.574. The number of carbonyl (C=O) groups excluding carboxylic acids is 1. The van der Waals surface area contributed by atoms with Crippen LogP contribution in [0.3, 0.4) is 0 Å². The SMILES string of the molecule is [2H]c1c([2H])c(N2C(C)CN(CCCCOc3c([2H])c4c(c([2H])c3C)C(C)CC(=O)N4[2H])CC2C)c(Cl)c(Cl)c1C. The minimum atomic E-state index is -0.377. The van der Waals surface area contributed by atoms with Crippen LogP contribution < -0.4 is 14.9 Å². The number of rotatable bonds is 7. The van der Waals surface area contributed by atoms with Crippen molar-refractivity contribution in [3.05, 3.63) is 50.9 Å². The molecule has 0 radical (unpaired) electrons. The molecule has 5 nitrogen and oxygen atoms in total. The van der Waals surface area contributed by atoms with Gasteiger partial charge in [0.15, 0.2) is 1.41 Å². The Morgan fingerprint density at radius 1 is 1.09 bits per heavy atom. The Morgan fingerprint density at radius 2 is 1.80 bits per heavy atom. The number of fused-ring (bicyclic) bond motifs is 1. The number of piperazine rings is 1. The van der Waals surface area contributed by atoms with E-state index in [4.69, 9.17) is 34.8 Å². The minimum absolute atomic E-state index is 0.00311. The van der Waals surface area contributed by atoms with Crippen LogP contribution in [0.5, 0.6) is 5.75 Å². The molecule has 0 spiro atoms. The molecule has 0 saturated carbocycles. The van der Waals surface area contributed by atoms with Crippen molar-refractivity contribution < 1.29 is 16.4 Å². The molecule has 1 saturated heterocycles. The summed E-state index contributed by atoms with van der Waals surface area (Å²) in [6.07, 6.45) is 1.77. The summed E-state index contributed by atoms with van der Waals surface area (Å²) in [5.41, 5.74) is 2.34. The number of nitrogens with zero attached hydrogens (tertiary/aromatic N) is 2. The van der Waals surface area contributed by atoms with Crippen LogP contribution in [0.4, 0.5) is 11.4 Å². The van der Waals surface area contributed by atoms with Crippen molar-refractivity contribution in [2.24, 2.45) is 0 Å². The number of unbranched alkanes of at least 4 members (excludes halogenated alkanes) is 1. The molecule has 1 N–H and O–H groups in total. The first-order chi connectivity index (χ1) is 18.8. The van der Waals surface area contributed by atoms with E-state index in [2.05, 4.69) is 23.6 Å². The van der Waals surface area contributed by atoms with Gasteiger partial charge in [-0.1, -0.05) is 42.2 Å². The number of amides is 1. The summed E-state index contributed by atoms with van der Waals surface area (Å²) in [6.45, 7) is 12.3. The van der Waals surface area contributed by atoms with E-state index >= 15 is 0 Å². The monoisotopic (exact) mass is 522 g/mol. The molecule has 1 amide bonds. The van der Waals surface area contributed by atoms with Gasteiger partial charge in [-0.3, -0.25) is 9.69 Å². The smallest absolute Gasteiger partial charge is 0.224 e. The maximum absolute atomic E-state index is 12.2. The van der Waals surface area contributed by atoms with Crippen LogP contribution in [-0.4, -0.2) is 49.1 Å².